The molecule has 0 radical (unpaired) electrons. The van der Waals surface area contributed by atoms with Crippen LogP contribution in [0.2, 0.25) is 0 Å². The first-order chi connectivity index (χ1) is 8.65. The minimum Gasteiger partial charge on any atom is -0.310 e. The van der Waals surface area contributed by atoms with Gasteiger partial charge in [0.15, 0.2) is 0 Å². The van der Waals surface area contributed by atoms with E-state index in [4.69, 9.17) is 0 Å². The molecule has 1 aromatic rings. The Balaban J connectivity index is 3.05. The van der Waals surface area contributed by atoms with E-state index in [1.165, 1.54) is 0 Å². The Labute approximate surface area is 116 Å². The molecule has 0 amide bonds. The lowest BCUT2D eigenvalue weighted by atomic mass is 10.1. The van der Waals surface area contributed by atoms with Gasteiger partial charge in [0.25, 0.3) is 0 Å². The number of rotatable bonds is 5. The van der Waals surface area contributed by atoms with E-state index in [2.05, 4.69) is 10.0 Å². The van der Waals surface area contributed by atoms with Gasteiger partial charge in [-0.2, -0.15) is 0 Å². The summed E-state index contributed by atoms with van der Waals surface area (Å²) in [6.45, 7) is 10.4. The molecule has 19 heavy (non-hydrogen) atoms. The summed E-state index contributed by atoms with van der Waals surface area (Å²) in [5, 5.41) is 3.27. The largest absolute Gasteiger partial charge is 0.310 e. The molecule has 5 heteroatoms. The third kappa shape index (κ3) is 4.93. The number of nitrogens with one attached hydrogen (secondary N) is 2. The number of sulfonamides is 1. The van der Waals surface area contributed by atoms with Crippen molar-refractivity contribution in [2.75, 3.05) is 6.54 Å². The normalized spacial score (nSPS) is 14.4. The van der Waals surface area contributed by atoms with Gasteiger partial charge in [-0.1, -0.05) is 19.1 Å². The van der Waals surface area contributed by atoms with Gasteiger partial charge in [-0.15, -0.1) is 0 Å². The van der Waals surface area contributed by atoms with Crippen LogP contribution in [-0.2, 0) is 10.0 Å². The van der Waals surface area contributed by atoms with Crippen molar-refractivity contribution in [3.05, 3.63) is 29.8 Å². The molecule has 0 aliphatic heterocycles. The predicted octanol–water partition coefficient (Wildman–Crippen LogP) is 2.43. The molecule has 0 heterocycles. The molecule has 108 valence electrons. The average molecular weight is 284 g/mol. The third-order valence-electron chi connectivity index (χ3n) is 2.62. The molecule has 1 aromatic carbocycles. The van der Waals surface area contributed by atoms with Crippen LogP contribution >= 0.6 is 0 Å². The quantitative estimate of drug-likeness (QED) is 0.873. The summed E-state index contributed by atoms with van der Waals surface area (Å²) in [4.78, 5) is 0.310. The summed E-state index contributed by atoms with van der Waals surface area (Å²) in [7, 11) is -3.47. The lowest BCUT2D eigenvalue weighted by Crippen LogP contribution is -2.40. The van der Waals surface area contributed by atoms with E-state index >= 15 is 0 Å². The number of hydrogen-bond donors (Lipinski definition) is 2. The highest BCUT2D eigenvalue weighted by Gasteiger charge is 2.22. The molecular formula is C14H24N2O2S. The first-order valence-electron chi connectivity index (χ1n) is 6.53. The first kappa shape index (κ1) is 16.1. The second-order valence-electron chi connectivity index (χ2n) is 5.71. The zero-order chi connectivity index (χ0) is 14.7. The fraction of sp³-hybridized carbons (Fsp3) is 0.571. The molecule has 1 unspecified atom stereocenters. The Morgan fingerprint density at radius 2 is 1.89 bits per heavy atom. The van der Waals surface area contributed by atoms with Gasteiger partial charge in [0.2, 0.25) is 10.0 Å². The van der Waals surface area contributed by atoms with E-state index in [1.807, 2.05) is 40.7 Å². The van der Waals surface area contributed by atoms with Gasteiger partial charge < -0.3 is 5.32 Å². The smallest absolute Gasteiger partial charge is 0.241 e. The molecule has 0 aromatic heterocycles. The molecule has 0 aliphatic carbocycles. The van der Waals surface area contributed by atoms with Crippen molar-refractivity contribution in [2.45, 2.75) is 51.1 Å². The van der Waals surface area contributed by atoms with Gasteiger partial charge in [0.1, 0.15) is 0 Å². The van der Waals surface area contributed by atoms with Crippen molar-refractivity contribution in [3.8, 4) is 0 Å². The van der Waals surface area contributed by atoms with Crippen LogP contribution in [0.3, 0.4) is 0 Å². The van der Waals surface area contributed by atoms with Crippen LogP contribution < -0.4 is 10.0 Å². The second kappa shape index (κ2) is 6.03. The molecule has 2 N–H and O–H groups in total. The SMILES string of the molecule is CCNC(C)c1cccc(S(=O)(=O)NC(C)(C)C)c1. The highest BCUT2D eigenvalue weighted by molar-refractivity contribution is 7.89. The summed E-state index contributed by atoms with van der Waals surface area (Å²) in [6.07, 6.45) is 0. The first-order valence-corrected chi connectivity index (χ1v) is 8.01. The van der Waals surface area contributed by atoms with Crippen LogP contribution in [0.5, 0.6) is 0 Å². The molecule has 0 saturated carbocycles. The van der Waals surface area contributed by atoms with Crippen molar-refractivity contribution in [1.82, 2.24) is 10.0 Å². The zero-order valence-electron chi connectivity index (χ0n) is 12.3. The van der Waals surface area contributed by atoms with Crippen molar-refractivity contribution < 1.29 is 8.42 Å². The van der Waals surface area contributed by atoms with Gasteiger partial charge >= 0.3 is 0 Å². The van der Waals surface area contributed by atoms with Gasteiger partial charge in [-0.25, -0.2) is 13.1 Å². The van der Waals surface area contributed by atoms with Gasteiger partial charge in [0, 0.05) is 11.6 Å². The highest BCUT2D eigenvalue weighted by atomic mass is 32.2. The second-order valence-corrected chi connectivity index (χ2v) is 7.39. The summed E-state index contributed by atoms with van der Waals surface area (Å²) >= 11 is 0. The van der Waals surface area contributed by atoms with Crippen LogP contribution in [0.25, 0.3) is 0 Å². The predicted molar refractivity (Wildman–Crippen MR) is 78.6 cm³/mol. The van der Waals surface area contributed by atoms with E-state index in [-0.39, 0.29) is 6.04 Å². The molecule has 1 rings (SSSR count). The third-order valence-corrected chi connectivity index (χ3v) is 4.37. The molecule has 0 spiro atoms. The molecule has 0 saturated heterocycles. The van der Waals surface area contributed by atoms with E-state index in [0.717, 1.165) is 12.1 Å². The zero-order valence-corrected chi connectivity index (χ0v) is 13.1. The molecule has 1 atom stereocenters. The monoisotopic (exact) mass is 284 g/mol. The van der Waals surface area contributed by atoms with Gasteiger partial charge in [0.05, 0.1) is 4.90 Å². The Bertz CT molecular complexity index is 518. The number of hydrogen-bond acceptors (Lipinski definition) is 3. The molecular weight excluding hydrogens is 260 g/mol. The molecule has 4 nitrogen and oxygen atoms in total. The van der Waals surface area contributed by atoms with E-state index in [1.54, 1.807) is 18.2 Å². The van der Waals surface area contributed by atoms with E-state index < -0.39 is 15.6 Å². The maximum atomic E-state index is 12.2. The van der Waals surface area contributed by atoms with Crippen LogP contribution in [0.4, 0.5) is 0 Å². The molecule has 0 fully saturated rings. The van der Waals surface area contributed by atoms with Crippen LogP contribution in [0, 0.1) is 0 Å². The Morgan fingerprint density at radius 1 is 1.26 bits per heavy atom. The minimum absolute atomic E-state index is 0.134. The lowest BCUT2D eigenvalue weighted by Gasteiger charge is -2.21. The average Bonchev–Trinajstić information content (AvgIpc) is 2.26. The van der Waals surface area contributed by atoms with Crippen LogP contribution in [0.15, 0.2) is 29.2 Å². The Hall–Kier alpha value is -0.910. The van der Waals surface area contributed by atoms with E-state index in [9.17, 15) is 8.42 Å². The van der Waals surface area contributed by atoms with E-state index in [0.29, 0.717) is 4.90 Å². The summed E-state index contributed by atoms with van der Waals surface area (Å²) in [6, 6.07) is 7.19. The Kier molecular flexibility index (Phi) is 5.12. The lowest BCUT2D eigenvalue weighted by molar-refractivity contribution is 0.491. The number of benzene rings is 1. The van der Waals surface area contributed by atoms with Gasteiger partial charge in [-0.3, -0.25) is 0 Å². The maximum absolute atomic E-state index is 12.2. The summed E-state index contributed by atoms with van der Waals surface area (Å²) in [5.41, 5.74) is 0.487. The minimum atomic E-state index is -3.47. The van der Waals surface area contributed by atoms with Crippen molar-refractivity contribution in [2.24, 2.45) is 0 Å². The van der Waals surface area contributed by atoms with Crippen LogP contribution in [-0.4, -0.2) is 20.5 Å². The summed E-state index contributed by atoms with van der Waals surface area (Å²) < 4.78 is 27.2. The standard InChI is InChI=1S/C14H24N2O2S/c1-6-15-11(2)12-8-7-9-13(10-12)19(17,18)16-14(3,4)5/h7-11,15-16H,6H2,1-5H3. The fourth-order valence-electron chi connectivity index (χ4n) is 1.84. The van der Waals surface area contributed by atoms with Gasteiger partial charge in [-0.05, 0) is 51.9 Å². The summed E-state index contributed by atoms with van der Waals surface area (Å²) in [5.74, 6) is 0. The fourth-order valence-corrected chi connectivity index (χ4v) is 3.31. The topological polar surface area (TPSA) is 58.2 Å². The maximum Gasteiger partial charge on any atom is 0.241 e. The molecule has 0 aliphatic rings. The van der Waals surface area contributed by atoms with Crippen molar-refractivity contribution in [3.63, 3.8) is 0 Å². The highest BCUT2D eigenvalue weighted by Crippen LogP contribution is 2.18. The van der Waals surface area contributed by atoms with Crippen molar-refractivity contribution in [1.29, 1.82) is 0 Å². The van der Waals surface area contributed by atoms with Crippen molar-refractivity contribution >= 4 is 10.0 Å². The van der Waals surface area contributed by atoms with Crippen LogP contribution in [0.1, 0.15) is 46.2 Å². The molecule has 0 bridgehead atoms. The Morgan fingerprint density at radius 3 is 2.42 bits per heavy atom.